The SMILES string of the molecule is CCn1c(C)nc2cc(C(=O)N/N=C(\C)c3ccc(-n4ccnc4)cc3)ccc21. The Morgan fingerprint density at radius 2 is 1.90 bits per heavy atom. The van der Waals surface area contributed by atoms with E-state index in [1.54, 1.807) is 24.7 Å². The van der Waals surface area contributed by atoms with E-state index in [1.165, 1.54) is 0 Å². The van der Waals surface area contributed by atoms with Crippen LogP contribution in [0.4, 0.5) is 0 Å². The van der Waals surface area contributed by atoms with Crippen LogP contribution in [0.1, 0.15) is 35.6 Å². The molecule has 0 aliphatic heterocycles. The van der Waals surface area contributed by atoms with Gasteiger partial charge in [-0.3, -0.25) is 4.79 Å². The van der Waals surface area contributed by atoms with E-state index < -0.39 is 0 Å². The van der Waals surface area contributed by atoms with Gasteiger partial charge >= 0.3 is 0 Å². The Hall–Kier alpha value is -3.74. The standard InChI is InChI=1S/C22H22N6O/c1-4-28-16(3)24-20-13-18(7-10-21(20)28)22(29)26-25-15(2)17-5-8-19(9-6-17)27-12-11-23-14-27/h5-14H,4H2,1-3H3,(H,26,29)/b25-15+. The molecule has 0 saturated carbocycles. The van der Waals surface area contributed by atoms with E-state index in [0.29, 0.717) is 5.56 Å². The quantitative estimate of drug-likeness (QED) is 0.420. The number of hydrazone groups is 1. The normalized spacial score (nSPS) is 11.8. The van der Waals surface area contributed by atoms with Crippen LogP contribution < -0.4 is 5.43 Å². The number of fused-ring (bicyclic) bond motifs is 1. The number of hydrogen-bond donors (Lipinski definition) is 1. The molecular weight excluding hydrogens is 364 g/mol. The van der Waals surface area contributed by atoms with Crippen molar-refractivity contribution >= 4 is 22.7 Å². The van der Waals surface area contributed by atoms with E-state index in [4.69, 9.17) is 0 Å². The Bertz CT molecular complexity index is 1190. The second-order valence-corrected chi connectivity index (χ2v) is 6.76. The third-order valence-electron chi connectivity index (χ3n) is 4.93. The third-order valence-corrected chi connectivity index (χ3v) is 4.93. The zero-order valence-electron chi connectivity index (χ0n) is 16.6. The fourth-order valence-corrected chi connectivity index (χ4v) is 3.34. The van der Waals surface area contributed by atoms with Crippen molar-refractivity contribution < 1.29 is 4.79 Å². The molecule has 7 nitrogen and oxygen atoms in total. The number of hydrogen-bond acceptors (Lipinski definition) is 4. The van der Waals surface area contributed by atoms with Crippen molar-refractivity contribution in [2.24, 2.45) is 5.10 Å². The summed E-state index contributed by atoms with van der Waals surface area (Å²) in [7, 11) is 0. The van der Waals surface area contributed by atoms with Crippen LogP contribution in [0.25, 0.3) is 16.7 Å². The van der Waals surface area contributed by atoms with Crippen LogP contribution in [-0.4, -0.2) is 30.7 Å². The average molecular weight is 386 g/mol. The molecule has 1 amide bonds. The van der Waals surface area contributed by atoms with E-state index >= 15 is 0 Å². The summed E-state index contributed by atoms with van der Waals surface area (Å²) in [6, 6.07) is 13.4. The highest BCUT2D eigenvalue weighted by atomic mass is 16.2. The van der Waals surface area contributed by atoms with Crippen LogP contribution in [0.15, 0.2) is 66.3 Å². The molecule has 4 rings (SSSR count). The van der Waals surface area contributed by atoms with E-state index in [-0.39, 0.29) is 5.91 Å². The topological polar surface area (TPSA) is 77.1 Å². The first-order valence-corrected chi connectivity index (χ1v) is 9.47. The van der Waals surface area contributed by atoms with Crippen molar-refractivity contribution in [1.82, 2.24) is 24.5 Å². The van der Waals surface area contributed by atoms with Crippen LogP contribution in [0, 0.1) is 6.92 Å². The number of carbonyl (C=O) groups excluding carboxylic acids is 1. The van der Waals surface area contributed by atoms with Gasteiger partial charge in [0.2, 0.25) is 0 Å². The van der Waals surface area contributed by atoms with Crippen LogP contribution in [-0.2, 0) is 6.54 Å². The molecule has 1 N–H and O–H groups in total. The second kappa shape index (κ2) is 7.71. The van der Waals surface area contributed by atoms with Crippen LogP contribution in [0.5, 0.6) is 0 Å². The minimum absolute atomic E-state index is 0.259. The van der Waals surface area contributed by atoms with Gasteiger partial charge in [-0.1, -0.05) is 12.1 Å². The van der Waals surface area contributed by atoms with Gasteiger partial charge in [-0.15, -0.1) is 0 Å². The van der Waals surface area contributed by atoms with Crippen molar-refractivity contribution in [3.05, 3.63) is 78.1 Å². The molecule has 29 heavy (non-hydrogen) atoms. The molecule has 0 atom stereocenters. The molecule has 2 heterocycles. The van der Waals surface area contributed by atoms with Crippen molar-refractivity contribution in [3.63, 3.8) is 0 Å². The van der Waals surface area contributed by atoms with Gasteiger partial charge in [0.25, 0.3) is 5.91 Å². The lowest BCUT2D eigenvalue weighted by Gasteiger charge is -2.06. The van der Waals surface area contributed by atoms with E-state index in [0.717, 1.165) is 40.4 Å². The number of imidazole rings is 2. The molecule has 146 valence electrons. The lowest BCUT2D eigenvalue weighted by molar-refractivity contribution is 0.0955. The van der Waals surface area contributed by atoms with Gasteiger partial charge in [-0.05, 0) is 56.7 Å². The molecule has 0 unspecified atom stereocenters. The van der Waals surface area contributed by atoms with Gasteiger partial charge in [0.1, 0.15) is 5.82 Å². The largest absolute Gasteiger partial charge is 0.329 e. The number of aryl methyl sites for hydroxylation is 2. The van der Waals surface area contributed by atoms with Gasteiger partial charge in [-0.25, -0.2) is 15.4 Å². The average Bonchev–Trinajstić information content (AvgIpc) is 3.38. The van der Waals surface area contributed by atoms with Gasteiger partial charge in [0.15, 0.2) is 0 Å². The fraction of sp³-hybridized carbons (Fsp3) is 0.182. The number of nitrogens with one attached hydrogen (secondary N) is 1. The number of rotatable bonds is 5. The predicted molar refractivity (Wildman–Crippen MR) is 113 cm³/mol. The highest BCUT2D eigenvalue weighted by Gasteiger charge is 2.11. The van der Waals surface area contributed by atoms with Crippen LogP contribution in [0.2, 0.25) is 0 Å². The maximum absolute atomic E-state index is 12.5. The predicted octanol–water partition coefficient (Wildman–Crippen LogP) is 3.70. The first kappa shape index (κ1) is 18.6. The lowest BCUT2D eigenvalue weighted by Crippen LogP contribution is -2.19. The molecule has 7 heteroatoms. The number of amides is 1. The minimum Gasteiger partial charge on any atom is -0.329 e. The van der Waals surface area contributed by atoms with Gasteiger partial charge in [-0.2, -0.15) is 5.10 Å². The highest BCUT2D eigenvalue weighted by molar-refractivity contribution is 6.01. The van der Waals surface area contributed by atoms with E-state index in [9.17, 15) is 4.79 Å². The number of nitrogens with zero attached hydrogens (tertiary/aromatic N) is 5. The molecule has 0 saturated heterocycles. The summed E-state index contributed by atoms with van der Waals surface area (Å²) in [6.07, 6.45) is 5.37. The molecule has 4 aromatic rings. The van der Waals surface area contributed by atoms with Crippen molar-refractivity contribution in [1.29, 1.82) is 0 Å². The first-order valence-electron chi connectivity index (χ1n) is 9.47. The Balaban J connectivity index is 1.49. The first-order chi connectivity index (χ1) is 14.1. The van der Waals surface area contributed by atoms with Gasteiger partial charge < -0.3 is 9.13 Å². The molecule has 0 radical (unpaired) electrons. The van der Waals surface area contributed by atoms with Crippen molar-refractivity contribution in [2.75, 3.05) is 0 Å². The van der Waals surface area contributed by atoms with Crippen molar-refractivity contribution in [3.8, 4) is 5.69 Å². The summed E-state index contributed by atoms with van der Waals surface area (Å²) in [5.74, 6) is 0.679. The van der Waals surface area contributed by atoms with Crippen LogP contribution in [0.3, 0.4) is 0 Å². The van der Waals surface area contributed by atoms with Gasteiger partial charge in [0.05, 0.1) is 23.1 Å². The summed E-state index contributed by atoms with van der Waals surface area (Å²) < 4.78 is 4.04. The van der Waals surface area contributed by atoms with E-state index in [1.807, 2.05) is 54.9 Å². The molecule has 0 spiro atoms. The second-order valence-electron chi connectivity index (χ2n) is 6.76. The fourth-order valence-electron chi connectivity index (χ4n) is 3.34. The maximum Gasteiger partial charge on any atom is 0.271 e. The number of benzene rings is 2. The maximum atomic E-state index is 12.5. The Morgan fingerprint density at radius 1 is 1.14 bits per heavy atom. The molecule has 0 bridgehead atoms. The Kier molecular flexibility index (Phi) is 4.95. The molecule has 0 aliphatic carbocycles. The summed E-state index contributed by atoms with van der Waals surface area (Å²) in [5.41, 5.74) is 7.68. The number of carbonyl (C=O) groups is 1. The molecule has 0 fully saturated rings. The monoisotopic (exact) mass is 386 g/mol. The zero-order valence-corrected chi connectivity index (χ0v) is 16.6. The van der Waals surface area contributed by atoms with E-state index in [2.05, 4.69) is 32.0 Å². The summed E-state index contributed by atoms with van der Waals surface area (Å²) in [6.45, 7) is 6.75. The highest BCUT2D eigenvalue weighted by Crippen LogP contribution is 2.18. The molecular formula is C22H22N6O. The summed E-state index contributed by atoms with van der Waals surface area (Å²) in [5, 5.41) is 4.25. The summed E-state index contributed by atoms with van der Waals surface area (Å²) >= 11 is 0. The van der Waals surface area contributed by atoms with Gasteiger partial charge in [0, 0.05) is 30.2 Å². The zero-order chi connectivity index (χ0) is 20.4. The third kappa shape index (κ3) is 3.67. The summed E-state index contributed by atoms with van der Waals surface area (Å²) in [4.78, 5) is 21.1. The molecule has 0 aliphatic rings. The lowest BCUT2D eigenvalue weighted by atomic mass is 10.1. The Labute approximate surface area is 168 Å². The van der Waals surface area contributed by atoms with Crippen LogP contribution >= 0.6 is 0 Å². The Morgan fingerprint density at radius 3 is 2.59 bits per heavy atom. The number of aromatic nitrogens is 4. The molecule has 2 aromatic carbocycles. The minimum atomic E-state index is -0.259. The molecule has 2 aromatic heterocycles. The van der Waals surface area contributed by atoms with Crippen molar-refractivity contribution in [2.45, 2.75) is 27.3 Å². The smallest absolute Gasteiger partial charge is 0.271 e.